The molecular formula is C81H91BBrCl9F8NaO17STi. The second-order valence-corrected chi connectivity index (χ2v) is 44.0. The van der Waals surface area contributed by atoms with Gasteiger partial charge in [-0.25, -0.2) is 39.3 Å². The van der Waals surface area contributed by atoms with E-state index in [1.807, 2.05) is 0 Å². The van der Waals surface area contributed by atoms with Crippen LogP contribution in [0.2, 0.25) is 0 Å². The average Bonchev–Trinajstić information content (AvgIpc) is 1.67. The normalized spacial score (nSPS) is 14.9. The van der Waals surface area contributed by atoms with Crippen molar-refractivity contribution in [3.8, 4) is 46.0 Å². The summed E-state index contributed by atoms with van der Waals surface area (Å²) in [5.74, 6) is 2.06. The van der Waals surface area contributed by atoms with E-state index < -0.39 is 32.4 Å². The Kier molecular flexibility index (Phi) is 62.3. The number of ether oxygens (including phenoxy) is 11. The minimum absolute atomic E-state index is 0. The minimum Gasteiger partial charge on any atom is -1.00 e. The molecular weight excluding hydrogens is 1910 g/mol. The fourth-order valence-corrected chi connectivity index (χ4v) is 10.7. The number of aliphatic hydroxyl groups excluding tert-OH is 2. The maximum atomic E-state index is 13.2. The number of methoxy groups -OCH3 is 5. The first-order valence-corrected chi connectivity index (χ1v) is 48.5. The Morgan fingerprint density at radius 3 is 1.25 bits per heavy atom. The maximum absolute atomic E-state index is 13.2. The van der Waals surface area contributed by atoms with Crippen molar-refractivity contribution in [2.75, 3.05) is 80.5 Å². The van der Waals surface area contributed by atoms with Crippen LogP contribution in [0.4, 0.5) is 35.1 Å². The van der Waals surface area contributed by atoms with E-state index in [1.165, 1.54) is 122 Å². The molecule has 120 heavy (non-hydrogen) atoms. The van der Waals surface area contributed by atoms with Crippen LogP contribution in [0.1, 0.15) is 57.7 Å². The predicted molar refractivity (Wildman–Crippen MR) is 459 cm³/mol. The molecule has 39 heteroatoms. The zero-order valence-corrected chi connectivity index (χ0v) is 78.4. The van der Waals surface area contributed by atoms with Gasteiger partial charge in [-0.15, -0.1) is 24.8 Å². The summed E-state index contributed by atoms with van der Waals surface area (Å²) in [5.41, 5.74) is 6.25. The smallest absolute Gasteiger partial charge is 1.00 e. The van der Waals surface area contributed by atoms with Crippen molar-refractivity contribution < 1.29 is 161 Å². The summed E-state index contributed by atoms with van der Waals surface area (Å²) in [7, 11) is 35.3. The summed E-state index contributed by atoms with van der Waals surface area (Å²) in [6, 6.07) is 32.0. The molecule has 5 aliphatic heterocycles. The van der Waals surface area contributed by atoms with Crippen LogP contribution in [0.15, 0.2) is 177 Å². The number of aliphatic hydroxyl groups is 2. The van der Waals surface area contributed by atoms with Crippen LogP contribution in [0, 0.1) is 46.5 Å². The molecule has 0 aliphatic carbocycles. The molecule has 17 nitrogen and oxygen atoms in total. The van der Waals surface area contributed by atoms with E-state index in [0.717, 1.165) is 51.1 Å². The van der Waals surface area contributed by atoms with Crippen LogP contribution >= 0.6 is 109 Å². The third kappa shape index (κ3) is 48.1. The molecule has 0 saturated carbocycles. The summed E-state index contributed by atoms with van der Waals surface area (Å²) in [5, 5.41) is 35.8. The summed E-state index contributed by atoms with van der Waals surface area (Å²) < 4.78 is 168. The summed E-state index contributed by atoms with van der Waals surface area (Å²) >= 11 is 15.8. The van der Waals surface area contributed by atoms with Gasteiger partial charge in [0.15, 0.2) is 6.29 Å². The molecule has 8 aromatic rings. The standard InChI is InChI=1S/C11H12ClFO2.C11H13FO3.C11H11FO3.C10H11FO2.C9H9FO2.2C9H9FO.C6H5FO.C3H5Br.C2H4Cl2O.B.Cl2OS.4ClH.Na.Ti.H2.H/c1-14-6-10-4-7-2-9(13)3-8(5-12)11(7)15-10;2*1-14-6-10-4-7-2-9(12)3-8(5-13)11(7)15-10;1-12-6-9-5-7-4-8(11)2-3-10(7)13-9;10-7-1-2-9-6(3-7)4-8(5-11)12-9;1-2-7-11-9-5-3-8(10)4-6-9;1-2-3-7-6-8(10)4-5-9(7)11;7-5-1-3-6(8)4-2-5;1-2-3-4;1-5-2(3)4;;1-4(2)3;;;;;;;;/h2-3,10H,4-6H2,1H3;2-3,10,13H,4-6H2,1H3;2-3,5,10H,4,6H2,1H3;2-4,9H,5-6H2,1H3;1-3,8,11H,4-5H2;2-6H,1,7H2;2,4-6,11H,1,3H2;1-4,8H;2H,1,3H2;2H,1H3;;;4*1H;;;1H;/q;;;;;;;;;;;;;;;;+1;+4;;-1/p-4/i;;;;;;;;;;;;;;;;;;1+1;. The molecule has 5 aliphatic rings. The predicted octanol–water partition coefficient (Wildman–Crippen LogP) is 18.2. The topological polar surface area (TPSA) is 217 Å². The van der Waals surface area contributed by atoms with E-state index in [9.17, 15) is 39.9 Å². The van der Waals surface area contributed by atoms with Crippen molar-refractivity contribution in [2.45, 2.75) is 86.6 Å². The molecule has 13 rings (SSSR count). The van der Waals surface area contributed by atoms with Gasteiger partial charge in [0.1, 0.15) is 130 Å². The second-order valence-electron chi connectivity index (χ2n) is 24.1. The zero-order valence-electron chi connectivity index (χ0n) is 66.7. The van der Waals surface area contributed by atoms with Crippen molar-refractivity contribution in [1.82, 2.24) is 0 Å². The fourth-order valence-electron chi connectivity index (χ4n) is 10.5. The molecule has 0 amide bonds. The third-order valence-corrected chi connectivity index (χ3v) is 16.2. The van der Waals surface area contributed by atoms with Crippen LogP contribution in [0.3, 0.4) is 0 Å². The van der Waals surface area contributed by atoms with Crippen molar-refractivity contribution in [3.63, 3.8) is 0 Å². The van der Waals surface area contributed by atoms with Gasteiger partial charge in [-0.3, -0.25) is 4.79 Å². The molecule has 0 saturated heterocycles. The van der Waals surface area contributed by atoms with Crippen LogP contribution in [0.25, 0.3) is 0 Å². The van der Waals surface area contributed by atoms with Gasteiger partial charge in [0, 0.05) is 149 Å². The number of hydrogen-bond acceptors (Lipinski definition) is 17. The maximum Gasteiger partial charge on any atom is 1.00 e. The first-order valence-electron chi connectivity index (χ1n) is 34.6. The fraction of sp³-hybridized carbons (Fsp3) is 0.321. The van der Waals surface area contributed by atoms with Gasteiger partial charge in [-0.1, -0.05) is 63.9 Å². The Morgan fingerprint density at radius 1 is 0.525 bits per heavy atom. The SMILES string of the molecule is C=CCBr.C=CCOc1ccc(F)cc1.C=CCc1cc(F)ccc1O.COC(Cl)Cl.COCC1Cc2cc(F)cc(C=O)c2O1.COCC1Cc2cc(F)cc(CCl)c2O1.COCC1Cc2cc(F)cc(CO)c2O1.COCC1Cc2cc(F)ccc2O1.O=S(Cl)Cl.OCC1Cc2cc(F)ccc2O1.Oc1ccc(F)cc1.[2HH].[B].[Cl][Ti]([Cl])([Cl])[Cl].[H-].[Na+]. The van der Waals surface area contributed by atoms with Crippen LogP contribution in [-0.4, -0.2) is 155 Å². The van der Waals surface area contributed by atoms with Crippen molar-refractivity contribution >= 4 is 133 Å². The molecule has 657 valence electrons. The molecule has 4 N–H and O–H groups in total. The number of carbonyl (C=O) groups is 1. The number of hydrogen-bond donors (Lipinski definition) is 4. The van der Waals surface area contributed by atoms with Gasteiger partial charge in [0.25, 0.3) is 0 Å². The molecule has 5 atom stereocenters. The monoisotopic (exact) mass is 2000 g/mol. The molecule has 8 aromatic carbocycles. The number of phenolic OH excluding ortho intramolecular Hbond substituents is 2. The Labute approximate surface area is 774 Å². The molecule has 0 bridgehead atoms. The van der Waals surface area contributed by atoms with Gasteiger partial charge >= 0.3 is 79.1 Å². The minimum atomic E-state index is -3.11. The third-order valence-electron chi connectivity index (χ3n) is 15.1. The Morgan fingerprint density at radius 2 is 0.867 bits per heavy atom. The number of alkyl halides is 4. The second kappa shape index (κ2) is 64.9. The van der Waals surface area contributed by atoms with Gasteiger partial charge < -0.3 is 74.0 Å². The van der Waals surface area contributed by atoms with Gasteiger partial charge in [0.05, 0.1) is 51.1 Å². The molecule has 5 unspecified atom stereocenters. The first kappa shape index (κ1) is 115. The number of fused-ring (bicyclic) bond motifs is 5. The van der Waals surface area contributed by atoms with Crippen LogP contribution in [0.5, 0.6) is 46.0 Å². The van der Waals surface area contributed by atoms with Gasteiger partial charge in [-0.2, -0.15) is 0 Å². The number of aldehydes is 1. The Balaban J connectivity index is -0.00000129. The average molecular weight is 2000 g/mol. The number of aromatic hydroxyl groups is 2. The molecule has 0 aromatic heterocycles. The summed E-state index contributed by atoms with van der Waals surface area (Å²) in [6.45, 7) is 12.6. The van der Waals surface area contributed by atoms with E-state index in [0.29, 0.717) is 111 Å². The zero-order chi connectivity index (χ0) is 88.5. The number of phenols is 2. The number of carbonyl (C=O) groups excluding carboxylic acids is 1. The summed E-state index contributed by atoms with van der Waals surface area (Å²) in [6.07, 6.45) is 9.03. The van der Waals surface area contributed by atoms with E-state index in [-0.39, 0.29) is 148 Å². The van der Waals surface area contributed by atoms with Crippen molar-refractivity contribution in [1.29, 1.82) is 0 Å². The van der Waals surface area contributed by atoms with Gasteiger partial charge in [0.2, 0.25) is 14.2 Å². The number of halogens is 18. The summed E-state index contributed by atoms with van der Waals surface area (Å²) in [4.78, 5) is 10.7. The number of allylic oxidation sites excluding steroid dienone is 2. The molecule has 0 fully saturated rings. The van der Waals surface area contributed by atoms with E-state index in [1.54, 1.807) is 70.9 Å². The van der Waals surface area contributed by atoms with Crippen LogP contribution < -0.4 is 58.0 Å². The van der Waals surface area contributed by atoms with Gasteiger partial charge in [-0.05, 0) is 146 Å². The Bertz CT molecular complexity index is 4250. The van der Waals surface area contributed by atoms with Crippen molar-refractivity contribution in [3.05, 3.63) is 274 Å². The van der Waals surface area contributed by atoms with E-state index >= 15 is 0 Å². The quantitative estimate of drug-likeness (QED) is 0.0148. The molecule has 3 radical (unpaired) electrons. The Hall–Kier alpha value is -4.77. The van der Waals surface area contributed by atoms with E-state index in [2.05, 4.69) is 61.8 Å². The van der Waals surface area contributed by atoms with Crippen molar-refractivity contribution in [2.24, 2.45) is 0 Å². The molecule has 5 heterocycles. The van der Waals surface area contributed by atoms with E-state index in [4.69, 9.17) is 144 Å². The van der Waals surface area contributed by atoms with Crippen LogP contribution in [-0.2, 0) is 96.3 Å². The largest absolute Gasteiger partial charge is 1.00 e. The number of benzene rings is 8. The number of rotatable bonds is 19. The molecule has 0 spiro atoms. The first-order chi connectivity index (χ1) is 56.1.